The molecule has 0 aromatic carbocycles. The van der Waals surface area contributed by atoms with E-state index in [1.54, 1.807) is 23.3 Å². The van der Waals surface area contributed by atoms with Crippen LogP contribution in [0.1, 0.15) is 27.8 Å². The van der Waals surface area contributed by atoms with Crippen LogP contribution in [0.25, 0.3) is 11.3 Å². The normalized spacial score (nSPS) is 13.5. The fourth-order valence-electron chi connectivity index (χ4n) is 2.99. The van der Waals surface area contributed by atoms with Crippen LogP contribution in [0.4, 0.5) is 5.82 Å². The first kappa shape index (κ1) is 15.3. The number of thiophene rings is 1. The van der Waals surface area contributed by atoms with E-state index < -0.39 is 0 Å². The Hall–Kier alpha value is -3.23. The Bertz CT molecular complexity index is 1000. The number of nitrogens with one attached hydrogen (secondary N) is 1. The molecule has 3 aromatic heterocycles. The second kappa shape index (κ2) is 6.34. The highest BCUT2D eigenvalue weighted by Crippen LogP contribution is 2.32. The first-order valence-corrected chi connectivity index (χ1v) is 8.61. The zero-order chi connectivity index (χ0) is 17.2. The number of fused-ring (bicyclic) bond motifs is 1. The molecule has 1 atom stereocenters. The first-order valence-electron chi connectivity index (χ1n) is 7.79. The second-order valence-corrected chi connectivity index (χ2v) is 6.74. The molecule has 0 aliphatic carbocycles. The maximum atomic E-state index is 9.19. The highest BCUT2D eigenvalue weighted by atomic mass is 32.1. The minimum atomic E-state index is -0.209. The summed E-state index contributed by atoms with van der Waals surface area (Å²) >= 11 is 1.39. The third-order valence-corrected chi connectivity index (χ3v) is 5.25. The van der Waals surface area contributed by atoms with Crippen molar-refractivity contribution in [3.05, 3.63) is 46.2 Å². The molecule has 0 amide bonds. The van der Waals surface area contributed by atoms with Gasteiger partial charge in [-0.1, -0.05) is 0 Å². The van der Waals surface area contributed by atoms with Gasteiger partial charge < -0.3 is 5.32 Å². The SMILES string of the molecule is N#CCC(c1ccc(C#N)s1)n1cc(-c2ncnc3c2CCN3)cn1. The second-order valence-electron chi connectivity index (χ2n) is 5.63. The summed E-state index contributed by atoms with van der Waals surface area (Å²) in [6.45, 7) is 0.859. The van der Waals surface area contributed by atoms with Crippen molar-refractivity contribution in [3.63, 3.8) is 0 Å². The standard InChI is InChI=1S/C17H13N7S/c18-5-3-14(15-2-1-12(7-19)25-15)24-9-11(8-23-24)16-13-4-6-20-17(13)22-10-21-16/h1-2,8-10,14H,3-4,6H2,(H,20,21,22). The third-order valence-electron chi connectivity index (χ3n) is 4.16. The molecule has 4 heterocycles. The van der Waals surface area contributed by atoms with Crippen molar-refractivity contribution >= 4 is 17.2 Å². The summed E-state index contributed by atoms with van der Waals surface area (Å²) in [5, 5.41) is 25.9. The Kier molecular flexibility index (Phi) is 3.88. The monoisotopic (exact) mass is 347 g/mol. The molecule has 25 heavy (non-hydrogen) atoms. The number of hydrogen-bond acceptors (Lipinski definition) is 7. The molecule has 0 bridgehead atoms. The molecule has 0 radical (unpaired) electrons. The Balaban J connectivity index is 1.71. The zero-order valence-corrected chi connectivity index (χ0v) is 14.0. The molecular weight excluding hydrogens is 334 g/mol. The van der Waals surface area contributed by atoms with Gasteiger partial charge in [-0.25, -0.2) is 9.97 Å². The summed E-state index contributed by atoms with van der Waals surface area (Å²) in [5.41, 5.74) is 2.88. The van der Waals surface area contributed by atoms with E-state index in [-0.39, 0.29) is 12.5 Å². The van der Waals surface area contributed by atoms with Crippen LogP contribution in [0.5, 0.6) is 0 Å². The van der Waals surface area contributed by atoms with Gasteiger partial charge in [0.15, 0.2) is 0 Å². The average molecular weight is 347 g/mol. The van der Waals surface area contributed by atoms with E-state index in [1.165, 1.54) is 11.3 Å². The molecule has 122 valence electrons. The molecule has 1 aliphatic heterocycles. The van der Waals surface area contributed by atoms with E-state index >= 15 is 0 Å². The molecule has 0 spiro atoms. The van der Waals surface area contributed by atoms with Gasteiger partial charge in [-0.3, -0.25) is 4.68 Å². The van der Waals surface area contributed by atoms with Crippen molar-refractivity contribution in [2.75, 3.05) is 11.9 Å². The van der Waals surface area contributed by atoms with Gasteiger partial charge in [0.25, 0.3) is 0 Å². The summed E-state index contributed by atoms with van der Waals surface area (Å²) in [7, 11) is 0. The Morgan fingerprint density at radius 1 is 1.32 bits per heavy atom. The van der Waals surface area contributed by atoms with Gasteiger partial charge in [0.05, 0.1) is 30.4 Å². The van der Waals surface area contributed by atoms with E-state index in [0.717, 1.165) is 40.5 Å². The summed E-state index contributed by atoms with van der Waals surface area (Å²) < 4.78 is 1.78. The van der Waals surface area contributed by atoms with Crippen LogP contribution in [-0.4, -0.2) is 26.3 Å². The molecule has 1 unspecified atom stereocenters. The molecule has 0 saturated carbocycles. The highest BCUT2D eigenvalue weighted by Gasteiger charge is 2.21. The number of nitrogens with zero attached hydrogens (tertiary/aromatic N) is 6. The van der Waals surface area contributed by atoms with Crippen molar-refractivity contribution in [3.8, 4) is 23.4 Å². The lowest BCUT2D eigenvalue weighted by Crippen LogP contribution is -2.09. The number of nitriles is 2. The lowest BCUT2D eigenvalue weighted by Gasteiger charge is -2.12. The number of hydrogen-bond donors (Lipinski definition) is 1. The average Bonchev–Trinajstić information content (AvgIpc) is 3.39. The van der Waals surface area contributed by atoms with Crippen molar-refractivity contribution in [2.45, 2.75) is 18.9 Å². The molecule has 3 aromatic rings. The van der Waals surface area contributed by atoms with Crippen LogP contribution in [0, 0.1) is 22.7 Å². The van der Waals surface area contributed by atoms with Crippen LogP contribution in [0.3, 0.4) is 0 Å². The first-order chi connectivity index (χ1) is 12.3. The van der Waals surface area contributed by atoms with E-state index in [9.17, 15) is 5.26 Å². The van der Waals surface area contributed by atoms with Gasteiger partial charge in [0.2, 0.25) is 0 Å². The summed E-state index contributed by atoms with van der Waals surface area (Å²) in [4.78, 5) is 10.3. The van der Waals surface area contributed by atoms with Crippen LogP contribution < -0.4 is 5.32 Å². The van der Waals surface area contributed by atoms with Crippen molar-refractivity contribution < 1.29 is 0 Å². The molecule has 1 N–H and O–H groups in total. The van der Waals surface area contributed by atoms with Gasteiger partial charge >= 0.3 is 0 Å². The molecular formula is C17H13N7S. The molecule has 0 fully saturated rings. The van der Waals surface area contributed by atoms with E-state index in [0.29, 0.717) is 4.88 Å². The van der Waals surface area contributed by atoms with Gasteiger partial charge in [0.1, 0.15) is 23.1 Å². The topological polar surface area (TPSA) is 103 Å². The maximum absolute atomic E-state index is 9.19. The highest BCUT2D eigenvalue weighted by molar-refractivity contribution is 7.12. The predicted molar refractivity (Wildman–Crippen MR) is 92.8 cm³/mol. The molecule has 0 saturated heterocycles. The van der Waals surface area contributed by atoms with E-state index in [1.807, 2.05) is 12.3 Å². The quantitative estimate of drug-likeness (QED) is 0.778. The minimum absolute atomic E-state index is 0.209. The fourth-order valence-corrected chi connectivity index (χ4v) is 3.89. The predicted octanol–water partition coefficient (Wildman–Crippen LogP) is 2.74. The molecule has 4 rings (SSSR count). The van der Waals surface area contributed by atoms with Gasteiger partial charge in [-0.2, -0.15) is 15.6 Å². The molecule has 8 heteroatoms. The zero-order valence-electron chi connectivity index (χ0n) is 13.2. The van der Waals surface area contributed by atoms with E-state index in [4.69, 9.17) is 5.26 Å². The molecule has 7 nitrogen and oxygen atoms in total. The fraction of sp³-hybridized carbons (Fsp3) is 0.235. The Labute approximate surface area is 148 Å². The Morgan fingerprint density at radius 3 is 3.04 bits per heavy atom. The minimum Gasteiger partial charge on any atom is -0.369 e. The van der Waals surface area contributed by atoms with Crippen LogP contribution in [-0.2, 0) is 6.42 Å². The smallest absolute Gasteiger partial charge is 0.133 e. The van der Waals surface area contributed by atoms with Gasteiger partial charge in [0, 0.05) is 28.7 Å². The van der Waals surface area contributed by atoms with Crippen molar-refractivity contribution in [2.24, 2.45) is 0 Å². The largest absolute Gasteiger partial charge is 0.369 e. The Morgan fingerprint density at radius 2 is 2.24 bits per heavy atom. The third kappa shape index (κ3) is 2.73. The van der Waals surface area contributed by atoms with Gasteiger partial charge in [-0.15, -0.1) is 11.3 Å². The van der Waals surface area contributed by atoms with E-state index in [2.05, 4.69) is 32.5 Å². The number of rotatable bonds is 4. The number of aromatic nitrogens is 4. The van der Waals surface area contributed by atoms with Crippen molar-refractivity contribution in [1.82, 2.24) is 19.7 Å². The molecule has 1 aliphatic rings. The summed E-state index contributed by atoms with van der Waals surface area (Å²) in [6.07, 6.45) is 6.40. The van der Waals surface area contributed by atoms with Gasteiger partial charge in [-0.05, 0) is 18.6 Å². The maximum Gasteiger partial charge on any atom is 0.133 e. The lowest BCUT2D eigenvalue weighted by molar-refractivity contribution is 0.540. The van der Waals surface area contributed by atoms with Crippen LogP contribution >= 0.6 is 11.3 Å². The lowest BCUT2D eigenvalue weighted by atomic mass is 10.1. The van der Waals surface area contributed by atoms with Crippen LogP contribution in [0.15, 0.2) is 30.9 Å². The number of anilines is 1. The van der Waals surface area contributed by atoms with Crippen molar-refractivity contribution in [1.29, 1.82) is 10.5 Å². The van der Waals surface area contributed by atoms with Crippen LogP contribution in [0.2, 0.25) is 0 Å². The summed E-state index contributed by atoms with van der Waals surface area (Å²) in [6, 6.07) is 7.80. The summed E-state index contributed by atoms with van der Waals surface area (Å²) in [5.74, 6) is 0.878.